The molecule has 4 rings (SSSR count). The molecule has 0 aliphatic heterocycles. The highest BCUT2D eigenvalue weighted by Crippen LogP contribution is 2.38. The zero-order valence-corrected chi connectivity index (χ0v) is 16.4. The number of nitrogens with zero attached hydrogens (tertiary/aromatic N) is 3. The van der Waals surface area contributed by atoms with E-state index in [2.05, 4.69) is 15.9 Å². The standard InChI is InChI=1S/C20H22BrN3O2/c1-2-26-18(14-5-3-4-6-14)20-22-19(15-11-12-25-13-15)23-24(20)17-9-7-16(21)8-10-17/h7-14,18H,2-6H2,1H3. The molecule has 1 atom stereocenters. The van der Waals surface area contributed by atoms with E-state index in [9.17, 15) is 0 Å². The molecular formula is C20H22BrN3O2. The van der Waals surface area contributed by atoms with Gasteiger partial charge < -0.3 is 9.15 Å². The van der Waals surface area contributed by atoms with E-state index in [0.717, 1.165) is 21.5 Å². The average molecular weight is 416 g/mol. The number of aromatic nitrogens is 3. The molecule has 5 nitrogen and oxygen atoms in total. The summed E-state index contributed by atoms with van der Waals surface area (Å²) in [6.45, 7) is 2.70. The number of hydrogen-bond donors (Lipinski definition) is 0. The summed E-state index contributed by atoms with van der Waals surface area (Å²) >= 11 is 3.50. The van der Waals surface area contributed by atoms with E-state index in [4.69, 9.17) is 19.2 Å². The molecule has 26 heavy (non-hydrogen) atoms. The first-order valence-electron chi connectivity index (χ1n) is 9.13. The van der Waals surface area contributed by atoms with Crippen molar-refractivity contribution in [3.8, 4) is 17.1 Å². The number of halogens is 1. The molecule has 3 aromatic rings. The third-order valence-corrected chi connectivity index (χ3v) is 5.44. The lowest BCUT2D eigenvalue weighted by Gasteiger charge is -2.23. The second-order valence-electron chi connectivity index (χ2n) is 6.61. The van der Waals surface area contributed by atoms with Gasteiger partial charge in [0.15, 0.2) is 11.6 Å². The second-order valence-corrected chi connectivity index (χ2v) is 7.53. The van der Waals surface area contributed by atoms with Gasteiger partial charge in [0.2, 0.25) is 0 Å². The van der Waals surface area contributed by atoms with Gasteiger partial charge in [0.05, 0.1) is 17.5 Å². The Morgan fingerprint density at radius 2 is 2.00 bits per heavy atom. The summed E-state index contributed by atoms with van der Waals surface area (Å²) in [7, 11) is 0. The van der Waals surface area contributed by atoms with Gasteiger partial charge in [-0.05, 0) is 56.0 Å². The predicted octanol–water partition coefficient (Wildman–Crippen LogP) is 5.56. The van der Waals surface area contributed by atoms with E-state index in [1.807, 2.05) is 41.9 Å². The average Bonchev–Trinajstić information content (AvgIpc) is 3.41. The Morgan fingerprint density at radius 3 is 2.65 bits per heavy atom. The van der Waals surface area contributed by atoms with Gasteiger partial charge in [-0.25, -0.2) is 9.67 Å². The van der Waals surface area contributed by atoms with Crippen LogP contribution in [0.4, 0.5) is 0 Å². The van der Waals surface area contributed by atoms with E-state index >= 15 is 0 Å². The maximum absolute atomic E-state index is 6.17. The molecule has 2 aromatic heterocycles. The van der Waals surface area contributed by atoms with Crippen LogP contribution in [-0.2, 0) is 4.74 Å². The van der Waals surface area contributed by atoms with E-state index in [-0.39, 0.29) is 6.10 Å². The topological polar surface area (TPSA) is 53.1 Å². The molecule has 1 aliphatic rings. The van der Waals surface area contributed by atoms with Gasteiger partial charge in [-0.15, -0.1) is 5.10 Å². The van der Waals surface area contributed by atoms with Crippen molar-refractivity contribution in [1.82, 2.24) is 14.8 Å². The van der Waals surface area contributed by atoms with Crippen molar-refractivity contribution in [3.05, 3.63) is 53.2 Å². The van der Waals surface area contributed by atoms with Crippen LogP contribution in [0.2, 0.25) is 0 Å². The maximum atomic E-state index is 6.17. The Kier molecular flexibility index (Phi) is 5.22. The quantitative estimate of drug-likeness (QED) is 0.528. The Bertz CT molecular complexity index is 837. The molecule has 1 aliphatic carbocycles. The minimum absolute atomic E-state index is 0.0423. The molecule has 0 saturated heterocycles. The smallest absolute Gasteiger partial charge is 0.185 e. The summed E-state index contributed by atoms with van der Waals surface area (Å²) in [6, 6.07) is 10.0. The van der Waals surface area contributed by atoms with Crippen LogP contribution in [0, 0.1) is 5.92 Å². The lowest BCUT2D eigenvalue weighted by molar-refractivity contribution is 0.0127. The summed E-state index contributed by atoms with van der Waals surface area (Å²) in [4.78, 5) is 4.87. The fourth-order valence-electron chi connectivity index (χ4n) is 3.66. The van der Waals surface area contributed by atoms with Crippen LogP contribution < -0.4 is 0 Å². The SMILES string of the molecule is CCOC(c1nc(-c2ccoc2)nn1-c1ccc(Br)cc1)C1CCCC1. The number of ether oxygens (including phenoxy) is 1. The molecule has 0 spiro atoms. The van der Waals surface area contributed by atoms with Crippen molar-refractivity contribution in [3.63, 3.8) is 0 Å². The number of benzene rings is 1. The van der Waals surface area contributed by atoms with Gasteiger partial charge in [-0.1, -0.05) is 28.8 Å². The van der Waals surface area contributed by atoms with Crippen LogP contribution in [0.1, 0.15) is 44.5 Å². The Morgan fingerprint density at radius 1 is 1.23 bits per heavy atom. The van der Waals surface area contributed by atoms with Crippen molar-refractivity contribution in [2.75, 3.05) is 6.61 Å². The third kappa shape index (κ3) is 3.48. The number of rotatable bonds is 6. The Labute approximate surface area is 161 Å². The van der Waals surface area contributed by atoms with Gasteiger partial charge in [0.1, 0.15) is 12.4 Å². The zero-order chi connectivity index (χ0) is 17.9. The molecule has 0 amide bonds. The van der Waals surface area contributed by atoms with E-state index in [1.165, 1.54) is 25.7 Å². The van der Waals surface area contributed by atoms with Crippen molar-refractivity contribution in [1.29, 1.82) is 0 Å². The van der Waals surface area contributed by atoms with Crippen LogP contribution >= 0.6 is 15.9 Å². The van der Waals surface area contributed by atoms with Crippen molar-refractivity contribution in [2.24, 2.45) is 5.92 Å². The largest absolute Gasteiger partial charge is 0.472 e. The van der Waals surface area contributed by atoms with Crippen LogP contribution in [-0.4, -0.2) is 21.4 Å². The molecule has 2 heterocycles. The van der Waals surface area contributed by atoms with E-state index in [0.29, 0.717) is 18.3 Å². The first kappa shape index (κ1) is 17.5. The van der Waals surface area contributed by atoms with Crippen molar-refractivity contribution >= 4 is 15.9 Å². The van der Waals surface area contributed by atoms with E-state index < -0.39 is 0 Å². The summed E-state index contributed by atoms with van der Waals surface area (Å²) in [5.74, 6) is 2.03. The minimum atomic E-state index is -0.0423. The molecule has 0 N–H and O–H groups in total. The molecule has 1 fully saturated rings. The second kappa shape index (κ2) is 7.76. The van der Waals surface area contributed by atoms with Gasteiger partial charge in [-0.2, -0.15) is 0 Å². The van der Waals surface area contributed by atoms with Crippen LogP contribution in [0.5, 0.6) is 0 Å². The van der Waals surface area contributed by atoms with Crippen LogP contribution in [0.3, 0.4) is 0 Å². The maximum Gasteiger partial charge on any atom is 0.185 e. The van der Waals surface area contributed by atoms with Gasteiger partial charge in [0, 0.05) is 11.1 Å². The van der Waals surface area contributed by atoms with Crippen LogP contribution in [0.25, 0.3) is 17.1 Å². The molecule has 6 heteroatoms. The first-order valence-corrected chi connectivity index (χ1v) is 9.92. The van der Waals surface area contributed by atoms with Crippen LogP contribution in [0.15, 0.2) is 51.7 Å². The Balaban J connectivity index is 1.81. The number of hydrogen-bond acceptors (Lipinski definition) is 4. The highest BCUT2D eigenvalue weighted by Gasteiger charge is 2.32. The predicted molar refractivity (Wildman–Crippen MR) is 103 cm³/mol. The minimum Gasteiger partial charge on any atom is -0.472 e. The lowest BCUT2D eigenvalue weighted by Crippen LogP contribution is -2.19. The van der Waals surface area contributed by atoms with Crippen molar-refractivity contribution < 1.29 is 9.15 Å². The molecule has 0 bridgehead atoms. The van der Waals surface area contributed by atoms with Gasteiger partial charge in [-0.3, -0.25) is 0 Å². The zero-order valence-electron chi connectivity index (χ0n) is 14.8. The fraction of sp³-hybridized carbons (Fsp3) is 0.400. The summed E-state index contributed by atoms with van der Waals surface area (Å²) in [6.07, 6.45) is 8.16. The number of furan rings is 1. The fourth-order valence-corrected chi connectivity index (χ4v) is 3.92. The summed E-state index contributed by atoms with van der Waals surface area (Å²) < 4.78 is 14.4. The molecule has 136 valence electrons. The lowest BCUT2D eigenvalue weighted by atomic mass is 10.00. The molecular weight excluding hydrogens is 394 g/mol. The monoisotopic (exact) mass is 415 g/mol. The highest BCUT2D eigenvalue weighted by atomic mass is 79.9. The molecule has 0 radical (unpaired) electrons. The Hall–Kier alpha value is -1.92. The van der Waals surface area contributed by atoms with Crippen molar-refractivity contribution in [2.45, 2.75) is 38.7 Å². The summed E-state index contributed by atoms with van der Waals surface area (Å²) in [5.41, 5.74) is 1.86. The highest BCUT2D eigenvalue weighted by molar-refractivity contribution is 9.10. The van der Waals surface area contributed by atoms with Gasteiger partial charge >= 0.3 is 0 Å². The first-order chi connectivity index (χ1) is 12.8. The normalized spacial score (nSPS) is 16.2. The molecule has 1 saturated carbocycles. The third-order valence-electron chi connectivity index (χ3n) is 4.91. The van der Waals surface area contributed by atoms with E-state index in [1.54, 1.807) is 12.5 Å². The molecule has 1 aromatic carbocycles. The molecule has 1 unspecified atom stereocenters. The summed E-state index contributed by atoms with van der Waals surface area (Å²) in [5, 5.41) is 4.78. The van der Waals surface area contributed by atoms with Gasteiger partial charge in [0.25, 0.3) is 0 Å².